The monoisotopic (exact) mass is 440 g/mol. The third-order valence-corrected chi connectivity index (χ3v) is 3.85. The Hall–Kier alpha value is -0.0800. The zero-order valence-corrected chi connectivity index (χ0v) is 17.6. The summed E-state index contributed by atoms with van der Waals surface area (Å²) in [5.74, 6) is 1.74. The number of hydrogen-bond acceptors (Lipinski definition) is 3. The van der Waals surface area contributed by atoms with Crippen LogP contribution < -0.4 is 10.6 Å². The minimum absolute atomic E-state index is 0. The van der Waals surface area contributed by atoms with Crippen LogP contribution in [-0.2, 0) is 4.74 Å². The fraction of sp³-hybridized carbons (Fsp3) is 0.941. The van der Waals surface area contributed by atoms with Crippen molar-refractivity contribution in [1.82, 2.24) is 15.5 Å². The van der Waals surface area contributed by atoms with Crippen molar-refractivity contribution in [2.24, 2.45) is 10.9 Å². The van der Waals surface area contributed by atoms with Crippen molar-refractivity contribution in [2.75, 3.05) is 52.5 Å². The van der Waals surface area contributed by atoms with Crippen molar-refractivity contribution in [3.63, 3.8) is 0 Å². The molecule has 138 valence electrons. The molecule has 0 radical (unpaired) electrons. The maximum absolute atomic E-state index is 5.37. The third-order valence-electron chi connectivity index (χ3n) is 3.85. The second-order valence-electron chi connectivity index (χ2n) is 6.38. The van der Waals surface area contributed by atoms with E-state index in [2.05, 4.69) is 41.3 Å². The minimum Gasteiger partial charge on any atom is -0.379 e. The van der Waals surface area contributed by atoms with Crippen molar-refractivity contribution in [2.45, 2.75) is 46.5 Å². The Bertz CT molecular complexity index is 294. The molecule has 1 aliphatic rings. The first kappa shape index (κ1) is 22.9. The van der Waals surface area contributed by atoms with Crippen LogP contribution in [0.1, 0.15) is 46.5 Å². The Morgan fingerprint density at radius 1 is 1.13 bits per heavy atom. The van der Waals surface area contributed by atoms with E-state index in [1.54, 1.807) is 0 Å². The van der Waals surface area contributed by atoms with Crippen LogP contribution in [0, 0.1) is 5.92 Å². The molecule has 2 N–H and O–H groups in total. The average molecular weight is 440 g/mol. The second-order valence-corrected chi connectivity index (χ2v) is 6.38. The van der Waals surface area contributed by atoms with Crippen molar-refractivity contribution in [1.29, 1.82) is 0 Å². The van der Waals surface area contributed by atoms with Crippen LogP contribution >= 0.6 is 24.0 Å². The molecule has 0 aromatic rings. The van der Waals surface area contributed by atoms with E-state index >= 15 is 0 Å². The van der Waals surface area contributed by atoms with Gasteiger partial charge in [0.2, 0.25) is 0 Å². The largest absolute Gasteiger partial charge is 0.379 e. The predicted molar refractivity (Wildman–Crippen MR) is 110 cm³/mol. The summed E-state index contributed by atoms with van der Waals surface area (Å²) in [7, 11) is 0. The topological polar surface area (TPSA) is 48.9 Å². The van der Waals surface area contributed by atoms with Crippen molar-refractivity contribution in [3.05, 3.63) is 0 Å². The summed E-state index contributed by atoms with van der Waals surface area (Å²) in [5.41, 5.74) is 0. The summed E-state index contributed by atoms with van der Waals surface area (Å²) in [6, 6.07) is 0. The Morgan fingerprint density at radius 2 is 1.87 bits per heavy atom. The lowest BCUT2D eigenvalue weighted by molar-refractivity contribution is 0.0372. The van der Waals surface area contributed by atoms with Gasteiger partial charge in [-0.25, -0.2) is 0 Å². The molecule has 0 atom stereocenters. The van der Waals surface area contributed by atoms with Gasteiger partial charge in [-0.05, 0) is 45.1 Å². The Balaban J connectivity index is 0.00000484. The summed E-state index contributed by atoms with van der Waals surface area (Å²) in [5, 5.41) is 6.77. The first-order valence-electron chi connectivity index (χ1n) is 9.04. The normalized spacial score (nSPS) is 16.3. The molecule has 1 aliphatic heterocycles. The van der Waals surface area contributed by atoms with Gasteiger partial charge in [-0.2, -0.15) is 0 Å². The summed E-state index contributed by atoms with van der Waals surface area (Å²) in [6.07, 6.45) is 4.85. The molecule has 23 heavy (non-hydrogen) atoms. The molecule has 0 spiro atoms. The number of ether oxygens (including phenoxy) is 1. The van der Waals surface area contributed by atoms with E-state index in [1.807, 2.05) is 0 Å². The number of morpholine rings is 1. The highest BCUT2D eigenvalue weighted by Crippen LogP contribution is 2.03. The van der Waals surface area contributed by atoms with Gasteiger partial charge in [-0.3, -0.25) is 9.89 Å². The van der Waals surface area contributed by atoms with Crippen LogP contribution in [0.25, 0.3) is 0 Å². The molecule has 1 rings (SSSR count). The maximum atomic E-state index is 5.37. The highest BCUT2D eigenvalue weighted by atomic mass is 127. The molecule has 0 aliphatic carbocycles. The molecule has 6 heteroatoms. The number of rotatable bonds is 10. The van der Waals surface area contributed by atoms with Gasteiger partial charge in [0.15, 0.2) is 5.96 Å². The van der Waals surface area contributed by atoms with Crippen molar-refractivity contribution < 1.29 is 4.74 Å². The molecule has 1 heterocycles. The van der Waals surface area contributed by atoms with Gasteiger partial charge in [0, 0.05) is 32.7 Å². The molecule has 5 nitrogen and oxygen atoms in total. The van der Waals surface area contributed by atoms with Crippen LogP contribution in [0.2, 0.25) is 0 Å². The first-order valence-corrected chi connectivity index (χ1v) is 9.04. The Labute approximate surface area is 160 Å². The number of unbranched alkanes of at least 4 members (excludes halogenated alkanes) is 1. The molecule has 0 bridgehead atoms. The van der Waals surface area contributed by atoms with E-state index in [4.69, 9.17) is 4.74 Å². The quantitative estimate of drug-likeness (QED) is 0.237. The molecule has 0 aromatic heterocycles. The molecule has 0 unspecified atom stereocenters. The van der Waals surface area contributed by atoms with Gasteiger partial charge in [0.25, 0.3) is 0 Å². The molecular weight excluding hydrogens is 403 g/mol. The first-order chi connectivity index (χ1) is 10.7. The van der Waals surface area contributed by atoms with Crippen LogP contribution in [0.15, 0.2) is 4.99 Å². The summed E-state index contributed by atoms with van der Waals surface area (Å²) >= 11 is 0. The second kappa shape index (κ2) is 15.4. The lowest BCUT2D eigenvalue weighted by Gasteiger charge is -2.26. The number of aliphatic imine (C=N–C) groups is 1. The van der Waals surface area contributed by atoms with Gasteiger partial charge in [0.05, 0.1) is 13.2 Å². The van der Waals surface area contributed by atoms with E-state index in [1.165, 1.54) is 32.2 Å². The Morgan fingerprint density at radius 3 is 2.52 bits per heavy atom. The number of nitrogens with zero attached hydrogens (tertiary/aromatic N) is 2. The van der Waals surface area contributed by atoms with E-state index in [9.17, 15) is 0 Å². The number of guanidine groups is 1. The molecule has 1 saturated heterocycles. The van der Waals surface area contributed by atoms with Crippen molar-refractivity contribution >= 4 is 29.9 Å². The highest BCUT2D eigenvalue weighted by Gasteiger charge is 2.08. The van der Waals surface area contributed by atoms with Crippen molar-refractivity contribution in [3.8, 4) is 0 Å². The average Bonchev–Trinajstić information content (AvgIpc) is 2.52. The minimum atomic E-state index is 0. The van der Waals surface area contributed by atoms with Crippen LogP contribution in [0.5, 0.6) is 0 Å². The van der Waals surface area contributed by atoms with Gasteiger partial charge >= 0.3 is 0 Å². The van der Waals surface area contributed by atoms with Gasteiger partial charge in [-0.15, -0.1) is 24.0 Å². The molecular formula is C17H37IN4O. The molecule has 0 saturated carbocycles. The lowest BCUT2D eigenvalue weighted by Crippen LogP contribution is -2.39. The SMILES string of the molecule is CCNC(=NCCCC(C)C)NCCCCN1CCOCC1.I. The van der Waals surface area contributed by atoms with Gasteiger partial charge < -0.3 is 15.4 Å². The molecule has 0 aromatic carbocycles. The number of halogens is 1. The predicted octanol–water partition coefficient (Wildman–Crippen LogP) is 2.71. The molecule has 1 fully saturated rings. The van der Waals surface area contributed by atoms with Crippen LogP contribution in [0.3, 0.4) is 0 Å². The zero-order valence-electron chi connectivity index (χ0n) is 15.3. The van der Waals surface area contributed by atoms with Crippen LogP contribution in [-0.4, -0.2) is 63.3 Å². The van der Waals surface area contributed by atoms with Gasteiger partial charge in [-0.1, -0.05) is 13.8 Å². The molecule has 0 amide bonds. The number of hydrogen-bond donors (Lipinski definition) is 2. The Kier molecular flexibility index (Phi) is 15.4. The van der Waals surface area contributed by atoms with E-state index in [0.29, 0.717) is 0 Å². The highest BCUT2D eigenvalue weighted by molar-refractivity contribution is 14.0. The number of nitrogens with one attached hydrogen (secondary N) is 2. The summed E-state index contributed by atoms with van der Waals surface area (Å²) in [6.45, 7) is 14.6. The van der Waals surface area contributed by atoms with E-state index in [-0.39, 0.29) is 24.0 Å². The van der Waals surface area contributed by atoms with E-state index in [0.717, 1.165) is 57.8 Å². The third kappa shape index (κ3) is 12.9. The zero-order chi connectivity index (χ0) is 16.0. The fourth-order valence-corrected chi connectivity index (χ4v) is 2.52. The maximum Gasteiger partial charge on any atom is 0.191 e. The van der Waals surface area contributed by atoms with Crippen LogP contribution in [0.4, 0.5) is 0 Å². The smallest absolute Gasteiger partial charge is 0.191 e. The summed E-state index contributed by atoms with van der Waals surface area (Å²) < 4.78 is 5.37. The fourth-order valence-electron chi connectivity index (χ4n) is 2.52. The van der Waals surface area contributed by atoms with Gasteiger partial charge in [0.1, 0.15) is 0 Å². The lowest BCUT2D eigenvalue weighted by atomic mass is 10.1. The van der Waals surface area contributed by atoms with E-state index < -0.39 is 0 Å². The summed E-state index contributed by atoms with van der Waals surface area (Å²) in [4.78, 5) is 7.14. The standard InChI is InChI=1S/C17H36N4O.HI/c1-4-18-17(20-10-7-8-16(2)3)19-9-5-6-11-21-12-14-22-15-13-21;/h16H,4-15H2,1-3H3,(H2,18,19,20);1H.